The van der Waals surface area contributed by atoms with Crippen molar-refractivity contribution < 1.29 is 14.3 Å². The quantitative estimate of drug-likeness (QED) is 0.578. The van der Waals surface area contributed by atoms with E-state index in [1.54, 1.807) is 6.07 Å². The Balaban J connectivity index is 1.55. The van der Waals surface area contributed by atoms with E-state index in [2.05, 4.69) is 10.3 Å². The van der Waals surface area contributed by atoms with Crippen LogP contribution >= 0.6 is 0 Å². The first kappa shape index (κ1) is 20.6. The van der Waals surface area contributed by atoms with Crippen LogP contribution in [0.15, 0.2) is 42.5 Å². The van der Waals surface area contributed by atoms with Gasteiger partial charge in [0.15, 0.2) is 0 Å². The zero-order valence-electron chi connectivity index (χ0n) is 16.8. The summed E-state index contributed by atoms with van der Waals surface area (Å²) < 4.78 is 4.85. The SMILES string of the molecule is COC(=O)CC1CCN(C(=O)NCCCc2cccc(N)n2)Cc2ccccc21. The Hall–Kier alpha value is -3.09. The molecule has 1 atom stereocenters. The van der Waals surface area contributed by atoms with E-state index in [9.17, 15) is 9.59 Å². The summed E-state index contributed by atoms with van der Waals surface area (Å²) in [5, 5.41) is 3.00. The van der Waals surface area contributed by atoms with Crippen molar-refractivity contribution in [3.63, 3.8) is 0 Å². The summed E-state index contributed by atoms with van der Waals surface area (Å²) in [6.45, 7) is 1.70. The lowest BCUT2D eigenvalue weighted by Crippen LogP contribution is -2.40. The number of aromatic nitrogens is 1. The number of ether oxygens (including phenoxy) is 1. The molecule has 1 aliphatic rings. The number of benzene rings is 1. The van der Waals surface area contributed by atoms with E-state index in [0.717, 1.165) is 36.1 Å². The number of nitrogens with one attached hydrogen (secondary N) is 1. The van der Waals surface area contributed by atoms with Gasteiger partial charge in [-0.25, -0.2) is 9.78 Å². The zero-order valence-corrected chi connectivity index (χ0v) is 16.8. The fraction of sp³-hybridized carbons (Fsp3) is 0.409. The number of nitrogens with two attached hydrogens (primary N) is 1. The second-order valence-electron chi connectivity index (χ2n) is 7.28. The third-order valence-electron chi connectivity index (χ3n) is 5.25. The molecule has 7 heteroatoms. The number of methoxy groups -OCH3 is 1. The van der Waals surface area contributed by atoms with E-state index >= 15 is 0 Å². The largest absolute Gasteiger partial charge is 0.469 e. The molecule has 1 aromatic heterocycles. The molecule has 1 aromatic carbocycles. The number of rotatable bonds is 6. The van der Waals surface area contributed by atoms with Gasteiger partial charge in [0.1, 0.15) is 5.82 Å². The molecule has 2 amide bonds. The van der Waals surface area contributed by atoms with Crippen molar-refractivity contribution in [1.29, 1.82) is 0 Å². The minimum Gasteiger partial charge on any atom is -0.469 e. The highest BCUT2D eigenvalue weighted by molar-refractivity contribution is 5.74. The number of aryl methyl sites for hydroxylation is 1. The molecule has 0 fully saturated rings. The molecule has 29 heavy (non-hydrogen) atoms. The Morgan fingerprint density at radius 2 is 2.07 bits per heavy atom. The average molecular weight is 396 g/mol. The molecule has 0 bridgehead atoms. The van der Waals surface area contributed by atoms with E-state index < -0.39 is 0 Å². The van der Waals surface area contributed by atoms with Gasteiger partial charge in [0.25, 0.3) is 0 Å². The van der Waals surface area contributed by atoms with Gasteiger partial charge in [-0.15, -0.1) is 0 Å². The third kappa shape index (κ3) is 5.70. The van der Waals surface area contributed by atoms with Crippen LogP contribution < -0.4 is 11.1 Å². The summed E-state index contributed by atoms with van der Waals surface area (Å²) >= 11 is 0. The average Bonchev–Trinajstić information content (AvgIpc) is 2.91. The Morgan fingerprint density at radius 1 is 1.24 bits per heavy atom. The number of anilines is 1. The number of carbonyl (C=O) groups is 2. The lowest BCUT2D eigenvalue weighted by atomic mass is 9.90. The monoisotopic (exact) mass is 396 g/mol. The standard InChI is InChI=1S/C22H28N4O3/c1-29-21(27)14-16-11-13-26(15-17-6-2-3-9-19(16)17)22(28)24-12-5-8-18-7-4-10-20(23)25-18/h2-4,6-7,9-10,16H,5,8,11-15H2,1H3,(H2,23,25)(H,24,28). The van der Waals surface area contributed by atoms with Gasteiger partial charge in [-0.1, -0.05) is 30.3 Å². The van der Waals surface area contributed by atoms with Crippen molar-refractivity contribution in [2.45, 2.75) is 38.1 Å². The molecule has 0 saturated heterocycles. The fourth-order valence-corrected chi connectivity index (χ4v) is 3.71. The number of amides is 2. The molecule has 1 aliphatic heterocycles. The number of fused-ring (bicyclic) bond motifs is 1. The molecule has 154 valence electrons. The second-order valence-corrected chi connectivity index (χ2v) is 7.28. The van der Waals surface area contributed by atoms with Crippen molar-refractivity contribution in [2.24, 2.45) is 0 Å². The van der Waals surface area contributed by atoms with Crippen molar-refractivity contribution in [1.82, 2.24) is 15.2 Å². The van der Waals surface area contributed by atoms with Crippen LogP contribution in [0.25, 0.3) is 0 Å². The van der Waals surface area contributed by atoms with Gasteiger partial charge in [-0.2, -0.15) is 0 Å². The van der Waals surface area contributed by atoms with Crippen LogP contribution in [0.3, 0.4) is 0 Å². The van der Waals surface area contributed by atoms with Crippen molar-refractivity contribution in [2.75, 3.05) is 25.9 Å². The van der Waals surface area contributed by atoms with Crippen LogP contribution in [0.2, 0.25) is 0 Å². The van der Waals surface area contributed by atoms with Crippen LogP contribution in [0.5, 0.6) is 0 Å². The predicted molar refractivity (Wildman–Crippen MR) is 111 cm³/mol. The molecule has 2 aromatic rings. The summed E-state index contributed by atoms with van der Waals surface area (Å²) in [6.07, 6.45) is 2.61. The number of nitrogen functional groups attached to an aromatic ring is 1. The molecule has 0 aliphatic carbocycles. The van der Waals surface area contributed by atoms with Crippen LogP contribution in [-0.2, 0) is 22.5 Å². The highest BCUT2D eigenvalue weighted by Crippen LogP contribution is 2.31. The summed E-state index contributed by atoms with van der Waals surface area (Å²) in [5.41, 5.74) is 8.83. The molecule has 3 N–H and O–H groups in total. The van der Waals surface area contributed by atoms with Crippen LogP contribution in [0, 0.1) is 0 Å². The van der Waals surface area contributed by atoms with Gasteiger partial charge < -0.3 is 20.7 Å². The van der Waals surface area contributed by atoms with Crippen LogP contribution in [-0.4, -0.2) is 42.1 Å². The van der Waals surface area contributed by atoms with E-state index in [1.807, 2.05) is 41.3 Å². The lowest BCUT2D eigenvalue weighted by molar-refractivity contribution is -0.141. The molecule has 0 radical (unpaired) electrons. The first-order valence-corrected chi connectivity index (χ1v) is 9.95. The first-order valence-electron chi connectivity index (χ1n) is 9.95. The number of esters is 1. The van der Waals surface area contributed by atoms with E-state index in [1.165, 1.54) is 7.11 Å². The summed E-state index contributed by atoms with van der Waals surface area (Å²) in [4.78, 5) is 30.6. The van der Waals surface area contributed by atoms with Crippen molar-refractivity contribution in [3.05, 3.63) is 59.3 Å². The number of nitrogens with zero attached hydrogens (tertiary/aromatic N) is 2. The van der Waals surface area contributed by atoms with Crippen LogP contribution in [0.1, 0.15) is 42.0 Å². The Bertz CT molecular complexity index is 855. The van der Waals surface area contributed by atoms with Gasteiger partial charge in [0.05, 0.1) is 13.5 Å². The highest BCUT2D eigenvalue weighted by atomic mass is 16.5. The smallest absolute Gasteiger partial charge is 0.317 e. The van der Waals surface area contributed by atoms with E-state index in [4.69, 9.17) is 10.5 Å². The van der Waals surface area contributed by atoms with E-state index in [-0.39, 0.29) is 17.9 Å². The van der Waals surface area contributed by atoms with Crippen LogP contribution in [0.4, 0.5) is 10.6 Å². The maximum Gasteiger partial charge on any atom is 0.317 e. The number of pyridine rings is 1. The van der Waals surface area contributed by atoms with E-state index in [0.29, 0.717) is 31.9 Å². The van der Waals surface area contributed by atoms with Gasteiger partial charge in [-0.3, -0.25) is 4.79 Å². The Kier molecular flexibility index (Phi) is 7.05. The normalized spacial score (nSPS) is 15.9. The summed E-state index contributed by atoms with van der Waals surface area (Å²) in [6, 6.07) is 13.5. The Labute approximate surface area is 171 Å². The third-order valence-corrected chi connectivity index (χ3v) is 5.25. The molecule has 7 nitrogen and oxygen atoms in total. The summed E-state index contributed by atoms with van der Waals surface area (Å²) in [5.74, 6) is 0.347. The minimum absolute atomic E-state index is 0.0612. The minimum atomic E-state index is -0.224. The molecule has 2 heterocycles. The topological polar surface area (TPSA) is 97.5 Å². The number of urea groups is 1. The highest BCUT2D eigenvalue weighted by Gasteiger charge is 2.26. The fourth-order valence-electron chi connectivity index (χ4n) is 3.71. The van der Waals surface area contributed by atoms with Gasteiger partial charge >= 0.3 is 12.0 Å². The Morgan fingerprint density at radius 3 is 2.86 bits per heavy atom. The molecule has 3 rings (SSSR count). The van der Waals surface area contributed by atoms with Gasteiger partial charge in [0, 0.05) is 25.3 Å². The van der Waals surface area contributed by atoms with Crippen molar-refractivity contribution >= 4 is 17.8 Å². The number of hydrogen-bond acceptors (Lipinski definition) is 5. The number of hydrogen-bond donors (Lipinski definition) is 2. The molecular formula is C22H28N4O3. The molecular weight excluding hydrogens is 368 g/mol. The molecule has 1 unspecified atom stereocenters. The lowest BCUT2D eigenvalue weighted by Gasteiger charge is -2.21. The zero-order chi connectivity index (χ0) is 20.6. The first-order chi connectivity index (χ1) is 14.1. The second kappa shape index (κ2) is 9.91. The van der Waals surface area contributed by atoms with Crippen molar-refractivity contribution in [3.8, 4) is 0 Å². The maximum absolute atomic E-state index is 12.7. The molecule has 0 saturated carbocycles. The molecule has 0 spiro atoms. The van der Waals surface area contributed by atoms with Gasteiger partial charge in [-0.05, 0) is 48.4 Å². The summed E-state index contributed by atoms with van der Waals surface area (Å²) in [7, 11) is 1.41. The maximum atomic E-state index is 12.7. The van der Waals surface area contributed by atoms with Gasteiger partial charge in [0.2, 0.25) is 0 Å². The number of carbonyl (C=O) groups excluding carboxylic acids is 2. The predicted octanol–water partition coefficient (Wildman–Crippen LogP) is 2.86.